The highest BCUT2D eigenvalue weighted by molar-refractivity contribution is 5.68. The number of carbonyl (C=O) groups excluding carboxylic acids is 1. The molecule has 33 heavy (non-hydrogen) atoms. The van der Waals surface area contributed by atoms with Gasteiger partial charge in [0.2, 0.25) is 0 Å². The maximum Gasteiger partial charge on any atom is 0.407 e. The van der Waals surface area contributed by atoms with Gasteiger partial charge in [-0.25, -0.2) is 4.79 Å². The molecule has 1 fully saturated rings. The van der Waals surface area contributed by atoms with Crippen molar-refractivity contribution >= 4 is 6.09 Å². The second-order valence-electron chi connectivity index (χ2n) is 10.2. The summed E-state index contributed by atoms with van der Waals surface area (Å²) in [5.74, 6) is 0. The van der Waals surface area contributed by atoms with E-state index < -0.39 is 5.60 Å². The molecule has 1 aliphatic carbocycles. The summed E-state index contributed by atoms with van der Waals surface area (Å²) in [4.78, 5) is 14.5. The van der Waals surface area contributed by atoms with E-state index in [0.29, 0.717) is 6.04 Å². The first-order chi connectivity index (χ1) is 15.9. The maximum atomic E-state index is 12.0. The summed E-state index contributed by atoms with van der Waals surface area (Å²) < 4.78 is 5.38. The molecule has 0 spiro atoms. The van der Waals surface area contributed by atoms with E-state index in [1.54, 1.807) is 0 Å². The van der Waals surface area contributed by atoms with Crippen molar-refractivity contribution < 1.29 is 9.53 Å². The Balaban J connectivity index is 1.37. The SMILES string of the molecule is CC(C)(C)OC(=O)NC1CCC(NCCCN(Cc2ccccc2)Cc2ccccc2)CC1. The summed E-state index contributed by atoms with van der Waals surface area (Å²) in [6, 6.07) is 22.2. The number of nitrogens with one attached hydrogen (secondary N) is 2. The number of ether oxygens (including phenoxy) is 1. The molecular weight excluding hydrogens is 410 g/mol. The summed E-state index contributed by atoms with van der Waals surface area (Å²) >= 11 is 0. The summed E-state index contributed by atoms with van der Waals surface area (Å²) in [6.45, 7) is 9.71. The maximum absolute atomic E-state index is 12.0. The summed E-state index contributed by atoms with van der Waals surface area (Å²) in [6.07, 6.45) is 5.03. The van der Waals surface area contributed by atoms with Crippen molar-refractivity contribution in [3.05, 3.63) is 71.8 Å². The molecule has 0 unspecified atom stereocenters. The lowest BCUT2D eigenvalue weighted by Crippen LogP contribution is -2.44. The summed E-state index contributed by atoms with van der Waals surface area (Å²) in [5.41, 5.74) is 2.27. The predicted molar refractivity (Wildman–Crippen MR) is 135 cm³/mol. The van der Waals surface area contributed by atoms with Crippen LogP contribution in [0.4, 0.5) is 4.79 Å². The van der Waals surface area contributed by atoms with Gasteiger partial charge in [-0.1, -0.05) is 60.7 Å². The highest BCUT2D eigenvalue weighted by atomic mass is 16.6. The quantitative estimate of drug-likeness (QED) is 0.468. The third kappa shape index (κ3) is 9.97. The van der Waals surface area contributed by atoms with E-state index in [0.717, 1.165) is 58.3 Å². The van der Waals surface area contributed by atoms with E-state index in [2.05, 4.69) is 76.2 Å². The fraction of sp³-hybridized carbons (Fsp3) is 0.536. The fourth-order valence-corrected chi connectivity index (χ4v) is 4.42. The van der Waals surface area contributed by atoms with Crippen molar-refractivity contribution in [3.8, 4) is 0 Å². The Hall–Kier alpha value is -2.37. The third-order valence-electron chi connectivity index (χ3n) is 6.03. The van der Waals surface area contributed by atoms with Gasteiger partial charge in [0.15, 0.2) is 0 Å². The minimum Gasteiger partial charge on any atom is -0.444 e. The molecule has 5 nitrogen and oxygen atoms in total. The van der Waals surface area contributed by atoms with Crippen LogP contribution >= 0.6 is 0 Å². The smallest absolute Gasteiger partial charge is 0.407 e. The molecule has 1 saturated carbocycles. The number of alkyl carbamates (subject to hydrolysis) is 1. The van der Waals surface area contributed by atoms with Gasteiger partial charge in [-0.2, -0.15) is 0 Å². The Morgan fingerprint density at radius 3 is 1.91 bits per heavy atom. The Kier molecular flexibility index (Phi) is 9.76. The molecule has 2 aromatic rings. The van der Waals surface area contributed by atoms with Crippen LogP contribution in [0.2, 0.25) is 0 Å². The standard InChI is InChI=1S/C28H41N3O2/c1-28(2,3)33-27(32)30-26-17-15-25(16-18-26)29-19-10-20-31(21-23-11-6-4-7-12-23)22-24-13-8-5-9-14-24/h4-9,11-14,25-26,29H,10,15-22H2,1-3H3,(H,30,32). The number of hydrogen-bond acceptors (Lipinski definition) is 4. The topological polar surface area (TPSA) is 53.6 Å². The van der Waals surface area contributed by atoms with Crippen LogP contribution in [-0.2, 0) is 17.8 Å². The average Bonchev–Trinajstić information content (AvgIpc) is 2.78. The molecule has 5 heteroatoms. The van der Waals surface area contributed by atoms with E-state index in [9.17, 15) is 4.79 Å². The van der Waals surface area contributed by atoms with Crippen LogP contribution in [-0.4, -0.2) is 41.8 Å². The highest BCUT2D eigenvalue weighted by Gasteiger charge is 2.24. The van der Waals surface area contributed by atoms with Crippen molar-refractivity contribution in [2.75, 3.05) is 13.1 Å². The second-order valence-corrected chi connectivity index (χ2v) is 10.2. The highest BCUT2D eigenvalue weighted by Crippen LogP contribution is 2.19. The van der Waals surface area contributed by atoms with E-state index in [1.165, 1.54) is 11.1 Å². The van der Waals surface area contributed by atoms with Gasteiger partial charge in [-0.05, 0) is 70.5 Å². The lowest BCUT2D eigenvalue weighted by Gasteiger charge is -2.31. The average molecular weight is 452 g/mol. The number of carbonyl (C=O) groups is 1. The Morgan fingerprint density at radius 2 is 1.39 bits per heavy atom. The van der Waals surface area contributed by atoms with Gasteiger partial charge in [0.1, 0.15) is 5.60 Å². The predicted octanol–water partition coefficient (Wildman–Crippen LogP) is 5.50. The van der Waals surface area contributed by atoms with Crippen molar-refractivity contribution in [3.63, 3.8) is 0 Å². The molecule has 0 atom stereocenters. The van der Waals surface area contributed by atoms with Gasteiger partial charge >= 0.3 is 6.09 Å². The number of hydrogen-bond donors (Lipinski definition) is 2. The first-order valence-corrected chi connectivity index (χ1v) is 12.4. The van der Waals surface area contributed by atoms with Gasteiger partial charge in [0.25, 0.3) is 0 Å². The molecule has 1 amide bonds. The first kappa shape index (κ1) is 25.3. The molecule has 0 aliphatic heterocycles. The normalized spacial score (nSPS) is 18.8. The summed E-state index contributed by atoms with van der Waals surface area (Å²) in [5, 5.41) is 6.78. The van der Waals surface area contributed by atoms with Gasteiger partial charge < -0.3 is 15.4 Å². The van der Waals surface area contributed by atoms with Crippen LogP contribution < -0.4 is 10.6 Å². The van der Waals surface area contributed by atoms with Crippen LogP contribution in [0.3, 0.4) is 0 Å². The first-order valence-electron chi connectivity index (χ1n) is 12.4. The summed E-state index contributed by atoms with van der Waals surface area (Å²) in [7, 11) is 0. The molecule has 2 N–H and O–H groups in total. The van der Waals surface area contributed by atoms with Crippen LogP contribution in [0.25, 0.3) is 0 Å². The van der Waals surface area contributed by atoms with Crippen LogP contribution in [0.15, 0.2) is 60.7 Å². The van der Waals surface area contributed by atoms with Gasteiger partial charge in [-0.15, -0.1) is 0 Å². The minimum absolute atomic E-state index is 0.227. The number of amides is 1. The fourth-order valence-electron chi connectivity index (χ4n) is 4.42. The third-order valence-corrected chi connectivity index (χ3v) is 6.03. The molecule has 0 radical (unpaired) electrons. The van der Waals surface area contributed by atoms with Crippen molar-refractivity contribution in [1.29, 1.82) is 0 Å². The van der Waals surface area contributed by atoms with Crippen LogP contribution in [0, 0.1) is 0 Å². The Morgan fingerprint density at radius 1 is 0.879 bits per heavy atom. The van der Waals surface area contributed by atoms with E-state index >= 15 is 0 Å². The Labute approximate surface area is 199 Å². The molecule has 0 bridgehead atoms. The van der Waals surface area contributed by atoms with Crippen LogP contribution in [0.1, 0.15) is 64.0 Å². The number of benzene rings is 2. The molecule has 0 saturated heterocycles. The molecule has 2 aromatic carbocycles. The monoisotopic (exact) mass is 451 g/mol. The second kappa shape index (κ2) is 12.8. The van der Waals surface area contributed by atoms with E-state index in [4.69, 9.17) is 4.74 Å². The minimum atomic E-state index is -0.447. The lowest BCUT2D eigenvalue weighted by molar-refractivity contribution is 0.0489. The van der Waals surface area contributed by atoms with E-state index in [-0.39, 0.29) is 12.1 Å². The van der Waals surface area contributed by atoms with Crippen LogP contribution in [0.5, 0.6) is 0 Å². The molecular formula is C28H41N3O2. The largest absolute Gasteiger partial charge is 0.444 e. The molecule has 3 rings (SSSR count). The van der Waals surface area contributed by atoms with Gasteiger partial charge in [-0.3, -0.25) is 4.90 Å². The molecule has 180 valence electrons. The number of rotatable bonds is 10. The van der Waals surface area contributed by atoms with Crippen molar-refractivity contribution in [1.82, 2.24) is 15.5 Å². The molecule has 0 heterocycles. The number of nitrogens with zero attached hydrogens (tertiary/aromatic N) is 1. The zero-order chi connectivity index (χ0) is 23.5. The molecule has 1 aliphatic rings. The van der Waals surface area contributed by atoms with Crippen molar-refractivity contribution in [2.45, 2.75) is 83.6 Å². The Bertz CT molecular complexity index is 771. The zero-order valence-corrected chi connectivity index (χ0v) is 20.6. The zero-order valence-electron chi connectivity index (χ0n) is 20.6. The van der Waals surface area contributed by atoms with Gasteiger partial charge in [0.05, 0.1) is 0 Å². The molecule has 0 aromatic heterocycles. The lowest BCUT2D eigenvalue weighted by atomic mass is 9.91. The van der Waals surface area contributed by atoms with Gasteiger partial charge in [0, 0.05) is 31.7 Å². The van der Waals surface area contributed by atoms with E-state index in [1.807, 2.05) is 20.8 Å². The van der Waals surface area contributed by atoms with Crippen molar-refractivity contribution in [2.24, 2.45) is 0 Å².